The van der Waals surface area contributed by atoms with Crippen LogP contribution in [0.15, 0.2) is 24.3 Å². The first-order chi connectivity index (χ1) is 16.1. The zero-order valence-electron chi connectivity index (χ0n) is 21.2. The number of carbonyl (C=O) groups is 2. The Hall–Kier alpha value is -1.63. The van der Waals surface area contributed by atoms with Gasteiger partial charge in [-0.3, -0.25) is 14.5 Å². The lowest BCUT2D eigenvalue weighted by Gasteiger charge is -2.51. The second kappa shape index (κ2) is 10.2. The molecule has 0 spiro atoms. The van der Waals surface area contributed by atoms with Gasteiger partial charge >= 0.3 is 0 Å². The van der Waals surface area contributed by atoms with Crippen molar-refractivity contribution < 1.29 is 9.59 Å². The van der Waals surface area contributed by atoms with Gasteiger partial charge in [0, 0.05) is 36.8 Å². The van der Waals surface area contributed by atoms with Gasteiger partial charge in [0.15, 0.2) is 0 Å². The van der Waals surface area contributed by atoms with E-state index in [9.17, 15) is 9.59 Å². The fourth-order valence-electron chi connectivity index (χ4n) is 6.46. The number of rotatable bonds is 6. The highest BCUT2D eigenvalue weighted by Gasteiger charge is 2.45. The first kappa shape index (κ1) is 25.5. The summed E-state index contributed by atoms with van der Waals surface area (Å²) in [6, 6.07) is 7.67. The summed E-state index contributed by atoms with van der Waals surface area (Å²) in [6.45, 7) is 11.2. The summed E-state index contributed by atoms with van der Waals surface area (Å²) in [6.07, 6.45) is 6.40. The van der Waals surface area contributed by atoms with Crippen molar-refractivity contribution in [1.29, 1.82) is 0 Å². The minimum absolute atomic E-state index is 0.0337. The van der Waals surface area contributed by atoms with Gasteiger partial charge in [-0.05, 0) is 57.6 Å². The molecule has 1 aromatic rings. The molecule has 0 unspecified atom stereocenters. The molecule has 34 heavy (non-hydrogen) atoms. The third-order valence-corrected chi connectivity index (χ3v) is 8.28. The number of halogens is 1. The van der Waals surface area contributed by atoms with Crippen LogP contribution in [-0.2, 0) is 9.59 Å². The van der Waals surface area contributed by atoms with Crippen molar-refractivity contribution in [2.45, 2.75) is 83.3 Å². The summed E-state index contributed by atoms with van der Waals surface area (Å²) in [7, 11) is 0. The first-order valence-electron chi connectivity index (χ1n) is 12.9. The molecule has 0 aromatic heterocycles. The van der Waals surface area contributed by atoms with E-state index < -0.39 is 0 Å². The number of benzene rings is 1. The van der Waals surface area contributed by atoms with Gasteiger partial charge in [-0.25, -0.2) is 0 Å². The number of piperazine rings is 1. The average Bonchev–Trinajstić information content (AvgIpc) is 3.22. The molecule has 0 bridgehead atoms. The zero-order valence-corrected chi connectivity index (χ0v) is 22.0. The van der Waals surface area contributed by atoms with Gasteiger partial charge in [-0.15, -0.1) is 0 Å². The van der Waals surface area contributed by atoms with Gasteiger partial charge in [0.05, 0.1) is 23.2 Å². The molecule has 1 aliphatic carbocycles. The summed E-state index contributed by atoms with van der Waals surface area (Å²) in [5.41, 5.74) is 0.503. The predicted octanol–water partition coefficient (Wildman–Crippen LogP) is 4.22. The minimum Gasteiger partial charge on any atom is -0.350 e. The maximum absolute atomic E-state index is 13.4. The van der Waals surface area contributed by atoms with Gasteiger partial charge in [0.25, 0.3) is 0 Å². The highest BCUT2D eigenvalue weighted by atomic mass is 35.5. The topological polar surface area (TPSA) is 64.7 Å². The Morgan fingerprint density at radius 1 is 1.21 bits per heavy atom. The number of carbonyl (C=O) groups excluding carboxylic acids is 2. The van der Waals surface area contributed by atoms with Gasteiger partial charge in [-0.2, -0.15) is 0 Å². The standard InChI is InChI=1S/C27H41ClN4O2/c1-19(2)14-27(11-7-8-12-27)30-25(34)20-13-21(16-29-15-20)32-17-24(33)31(18-26(32,3)4)23-10-6-5-9-22(23)28/h5-6,9-10,19-21,29H,7-8,11-18H2,1-4H3,(H,30,34)/t20-,21+/m0/s1. The van der Waals surface area contributed by atoms with Crippen molar-refractivity contribution in [2.24, 2.45) is 11.8 Å². The number of nitrogens with one attached hydrogen (secondary N) is 2. The highest BCUT2D eigenvalue weighted by molar-refractivity contribution is 6.33. The van der Waals surface area contributed by atoms with Crippen LogP contribution < -0.4 is 15.5 Å². The van der Waals surface area contributed by atoms with Crippen molar-refractivity contribution in [2.75, 3.05) is 31.1 Å². The third-order valence-electron chi connectivity index (χ3n) is 7.96. The summed E-state index contributed by atoms with van der Waals surface area (Å²) < 4.78 is 0. The summed E-state index contributed by atoms with van der Waals surface area (Å²) in [4.78, 5) is 30.7. The smallest absolute Gasteiger partial charge is 0.241 e. The van der Waals surface area contributed by atoms with Crippen molar-refractivity contribution in [3.63, 3.8) is 0 Å². The number of hydrogen-bond donors (Lipinski definition) is 2. The SMILES string of the molecule is CC(C)CC1(NC(=O)[C@@H]2CNC[C@H](N3CC(=O)N(c4ccccc4Cl)CC3(C)C)C2)CCCC1. The number of hydrogen-bond acceptors (Lipinski definition) is 4. The Morgan fingerprint density at radius 2 is 1.91 bits per heavy atom. The van der Waals surface area contributed by atoms with Crippen molar-refractivity contribution >= 4 is 29.1 Å². The zero-order chi connectivity index (χ0) is 24.5. The monoisotopic (exact) mass is 488 g/mol. The number of nitrogens with zero attached hydrogens (tertiary/aromatic N) is 2. The van der Waals surface area contributed by atoms with E-state index in [2.05, 4.69) is 43.2 Å². The Labute approximate surface area is 209 Å². The van der Waals surface area contributed by atoms with E-state index >= 15 is 0 Å². The second-order valence-corrected chi connectivity index (χ2v) is 12.1. The van der Waals surface area contributed by atoms with Gasteiger partial charge in [0.1, 0.15) is 0 Å². The molecule has 2 N–H and O–H groups in total. The number of anilines is 1. The lowest BCUT2D eigenvalue weighted by Crippen LogP contribution is -2.67. The largest absolute Gasteiger partial charge is 0.350 e. The molecule has 2 saturated heterocycles. The Bertz CT molecular complexity index is 896. The third kappa shape index (κ3) is 5.44. The maximum atomic E-state index is 13.4. The van der Waals surface area contributed by atoms with E-state index in [1.165, 1.54) is 12.8 Å². The van der Waals surface area contributed by atoms with Crippen molar-refractivity contribution in [1.82, 2.24) is 15.5 Å². The molecular formula is C27H41ClN4O2. The lowest BCUT2D eigenvalue weighted by molar-refractivity contribution is -0.130. The molecule has 3 fully saturated rings. The van der Waals surface area contributed by atoms with Crippen LogP contribution in [0.5, 0.6) is 0 Å². The molecule has 0 radical (unpaired) electrons. The van der Waals surface area contributed by atoms with E-state index in [1.54, 1.807) is 0 Å². The number of amides is 2. The predicted molar refractivity (Wildman–Crippen MR) is 138 cm³/mol. The van der Waals surface area contributed by atoms with Crippen molar-refractivity contribution in [3.05, 3.63) is 29.3 Å². The quantitative estimate of drug-likeness (QED) is 0.629. The molecular weight excluding hydrogens is 448 g/mol. The van der Waals surface area contributed by atoms with Crippen LogP contribution >= 0.6 is 11.6 Å². The molecule has 4 rings (SSSR count). The normalized spacial score (nSPS) is 27.2. The molecule has 2 heterocycles. The molecule has 2 atom stereocenters. The maximum Gasteiger partial charge on any atom is 0.241 e. The molecule has 7 heteroatoms. The Kier molecular flexibility index (Phi) is 7.61. The summed E-state index contributed by atoms with van der Waals surface area (Å²) in [5.74, 6) is 0.729. The van der Waals surface area contributed by atoms with E-state index in [-0.39, 0.29) is 34.9 Å². The highest BCUT2D eigenvalue weighted by Crippen LogP contribution is 2.37. The number of para-hydroxylation sites is 1. The van der Waals surface area contributed by atoms with Crippen LogP contribution in [-0.4, -0.2) is 60.0 Å². The minimum atomic E-state index is -0.234. The molecule has 2 aliphatic heterocycles. The van der Waals surface area contributed by atoms with Crippen LogP contribution in [0.3, 0.4) is 0 Å². The van der Waals surface area contributed by atoms with E-state index in [0.29, 0.717) is 30.6 Å². The summed E-state index contributed by atoms with van der Waals surface area (Å²) in [5, 5.41) is 7.59. The molecule has 3 aliphatic rings. The first-order valence-corrected chi connectivity index (χ1v) is 13.3. The number of piperidine rings is 1. The molecule has 1 aromatic carbocycles. The van der Waals surface area contributed by atoms with Crippen LogP contribution in [0.4, 0.5) is 5.69 Å². The average molecular weight is 489 g/mol. The molecule has 2 amide bonds. The van der Waals surface area contributed by atoms with Gasteiger partial charge in [-0.1, -0.05) is 50.4 Å². The lowest BCUT2D eigenvalue weighted by atomic mass is 9.85. The van der Waals surface area contributed by atoms with Crippen LogP contribution in [0.25, 0.3) is 0 Å². The fourth-order valence-corrected chi connectivity index (χ4v) is 6.70. The van der Waals surface area contributed by atoms with Crippen LogP contribution in [0, 0.1) is 11.8 Å². The Balaban J connectivity index is 1.44. The van der Waals surface area contributed by atoms with Crippen LogP contribution in [0.2, 0.25) is 5.02 Å². The molecule has 6 nitrogen and oxygen atoms in total. The Morgan fingerprint density at radius 3 is 2.59 bits per heavy atom. The van der Waals surface area contributed by atoms with Gasteiger partial charge < -0.3 is 15.5 Å². The van der Waals surface area contributed by atoms with E-state index in [4.69, 9.17) is 11.6 Å². The molecule has 188 valence electrons. The summed E-state index contributed by atoms with van der Waals surface area (Å²) >= 11 is 6.41. The van der Waals surface area contributed by atoms with E-state index in [1.807, 2.05) is 29.2 Å². The van der Waals surface area contributed by atoms with Crippen LogP contribution in [0.1, 0.15) is 66.2 Å². The van der Waals surface area contributed by atoms with E-state index in [0.717, 1.165) is 37.9 Å². The fraction of sp³-hybridized carbons (Fsp3) is 0.704. The van der Waals surface area contributed by atoms with Crippen molar-refractivity contribution in [3.8, 4) is 0 Å². The second-order valence-electron chi connectivity index (χ2n) is 11.7. The molecule has 1 saturated carbocycles. The van der Waals surface area contributed by atoms with Gasteiger partial charge in [0.2, 0.25) is 11.8 Å².